The van der Waals surface area contributed by atoms with Crippen molar-refractivity contribution in [1.29, 1.82) is 0 Å². The van der Waals surface area contributed by atoms with Gasteiger partial charge in [0.15, 0.2) is 0 Å². The Bertz CT molecular complexity index is 139. The smallest absolute Gasteiger partial charge is 0.0386 e. The Morgan fingerprint density at radius 3 is 2.57 bits per heavy atom. The second-order valence-corrected chi connectivity index (χ2v) is 5.32. The highest BCUT2D eigenvalue weighted by atomic mass is 14.3. The Morgan fingerprint density at radius 1 is 1.14 bits per heavy atom. The van der Waals surface area contributed by atoms with E-state index in [9.17, 15) is 0 Å². The molecule has 1 aliphatic carbocycles. The summed E-state index contributed by atoms with van der Waals surface area (Å²) in [6.45, 7) is 7.18. The Morgan fingerprint density at radius 2 is 1.93 bits per heavy atom. The summed E-state index contributed by atoms with van der Waals surface area (Å²) in [7, 11) is 0. The SMILES string of the molecule is CCCCC1CC(CC)CCCC1C. The van der Waals surface area contributed by atoms with Crippen LogP contribution in [0.4, 0.5) is 0 Å². The van der Waals surface area contributed by atoms with Gasteiger partial charge in [0.2, 0.25) is 0 Å². The first-order chi connectivity index (χ1) is 6.77. The van der Waals surface area contributed by atoms with E-state index in [0.29, 0.717) is 0 Å². The van der Waals surface area contributed by atoms with Crippen molar-refractivity contribution in [3.8, 4) is 0 Å². The van der Waals surface area contributed by atoms with E-state index in [2.05, 4.69) is 20.8 Å². The lowest BCUT2D eigenvalue weighted by Gasteiger charge is -2.23. The molecule has 1 saturated carbocycles. The topological polar surface area (TPSA) is 0 Å². The van der Waals surface area contributed by atoms with Gasteiger partial charge in [0.25, 0.3) is 0 Å². The van der Waals surface area contributed by atoms with Crippen molar-refractivity contribution in [3.63, 3.8) is 0 Å². The van der Waals surface area contributed by atoms with Crippen molar-refractivity contribution in [2.45, 2.75) is 72.1 Å². The van der Waals surface area contributed by atoms with E-state index in [4.69, 9.17) is 0 Å². The molecule has 0 N–H and O–H groups in total. The Hall–Kier alpha value is 0. The molecular formula is C14H28. The van der Waals surface area contributed by atoms with Gasteiger partial charge in [0, 0.05) is 0 Å². The minimum absolute atomic E-state index is 0.998. The molecule has 0 aliphatic heterocycles. The van der Waals surface area contributed by atoms with Crippen molar-refractivity contribution in [1.82, 2.24) is 0 Å². The summed E-state index contributed by atoms with van der Waals surface area (Å²) in [4.78, 5) is 0. The maximum Gasteiger partial charge on any atom is -0.0386 e. The van der Waals surface area contributed by atoms with Crippen LogP contribution in [0.3, 0.4) is 0 Å². The van der Waals surface area contributed by atoms with E-state index < -0.39 is 0 Å². The van der Waals surface area contributed by atoms with Crippen molar-refractivity contribution < 1.29 is 0 Å². The molecule has 0 spiro atoms. The molecule has 0 saturated heterocycles. The molecule has 0 bridgehead atoms. The van der Waals surface area contributed by atoms with Crippen LogP contribution in [0.1, 0.15) is 72.1 Å². The molecule has 0 nitrogen and oxygen atoms in total. The quantitative estimate of drug-likeness (QED) is 0.553. The summed E-state index contributed by atoms with van der Waals surface area (Å²) in [6.07, 6.45) is 11.7. The monoisotopic (exact) mass is 196 g/mol. The number of rotatable bonds is 4. The third kappa shape index (κ3) is 3.63. The summed E-state index contributed by atoms with van der Waals surface area (Å²) in [5.74, 6) is 3.09. The van der Waals surface area contributed by atoms with Gasteiger partial charge in [-0.05, 0) is 24.2 Å². The first-order valence-electron chi connectivity index (χ1n) is 6.77. The van der Waals surface area contributed by atoms with Gasteiger partial charge < -0.3 is 0 Å². The molecule has 1 aliphatic rings. The van der Waals surface area contributed by atoms with E-state index in [1.807, 2.05) is 0 Å². The minimum atomic E-state index is 0.998. The van der Waals surface area contributed by atoms with Crippen LogP contribution in [0, 0.1) is 17.8 Å². The molecule has 84 valence electrons. The molecule has 3 unspecified atom stereocenters. The molecule has 0 heterocycles. The second kappa shape index (κ2) is 6.48. The number of hydrogen-bond donors (Lipinski definition) is 0. The molecule has 0 aromatic rings. The fourth-order valence-corrected chi connectivity index (χ4v) is 2.98. The van der Waals surface area contributed by atoms with E-state index >= 15 is 0 Å². The lowest BCUT2D eigenvalue weighted by atomic mass is 9.83. The zero-order chi connectivity index (χ0) is 10.4. The van der Waals surface area contributed by atoms with E-state index in [0.717, 1.165) is 17.8 Å². The summed E-state index contributed by atoms with van der Waals surface area (Å²) in [5, 5.41) is 0. The van der Waals surface area contributed by atoms with Crippen LogP contribution in [0.15, 0.2) is 0 Å². The third-order valence-electron chi connectivity index (χ3n) is 4.22. The van der Waals surface area contributed by atoms with E-state index in [1.165, 1.54) is 51.4 Å². The van der Waals surface area contributed by atoms with Crippen molar-refractivity contribution in [3.05, 3.63) is 0 Å². The Balaban J connectivity index is 2.41. The van der Waals surface area contributed by atoms with Crippen molar-refractivity contribution in [2.24, 2.45) is 17.8 Å². The van der Waals surface area contributed by atoms with Gasteiger partial charge in [-0.1, -0.05) is 65.7 Å². The summed E-state index contributed by atoms with van der Waals surface area (Å²) in [5.41, 5.74) is 0. The molecule has 14 heavy (non-hydrogen) atoms. The molecule has 0 heteroatoms. The highest BCUT2D eigenvalue weighted by Crippen LogP contribution is 2.36. The molecule has 0 aromatic carbocycles. The minimum Gasteiger partial charge on any atom is -0.0654 e. The lowest BCUT2D eigenvalue weighted by Crippen LogP contribution is -2.12. The molecule has 1 rings (SSSR count). The first-order valence-corrected chi connectivity index (χ1v) is 6.77. The fourth-order valence-electron chi connectivity index (χ4n) is 2.98. The van der Waals surface area contributed by atoms with Gasteiger partial charge in [-0.2, -0.15) is 0 Å². The Labute approximate surface area is 90.5 Å². The highest BCUT2D eigenvalue weighted by molar-refractivity contribution is 4.75. The fraction of sp³-hybridized carbons (Fsp3) is 1.00. The van der Waals surface area contributed by atoms with Gasteiger partial charge in [-0.15, -0.1) is 0 Å². The second-order valence-electron chi connectivity index (χ2n) is 5.32. The maximum absolute atomic E-state index is 2.48. The molecule has 0 aromatic heterocycles. The first kappa shape index (κ1) is 12.1. The highest BCUT2D eigenvalue weighted by Gasteiger charge is 2.23. The average Bonchev–Trinajstić information content (AvgIpc) is 2.37. The van der Waals surface area contributed by atoms with Gasteiger partial charge in [-0.25, -0.2) is 0 Å². The standard InChI is InChI=1S/C14H28/c1-4-6-10-14-11-13(5-2)9-7-8-12(14)3/h12-14H,4-11H2,1-3H3. The zero-order valence-electron chi connectivity index (χ0n) is 10.4. The van der Waals surface area contributed by atoms with E-state index in [1.54, 1.807) is 0 Å². The molecular weight excluding hydrogens is 168 g/mol. The van der Waals surface area contributed by atoms with Crippen LogP contribution < -0.4 is 0 Å². The predicted octanol–water partition coefficient (Wildman–Crippen LogP) is 5.03. The summed E-state index contributed by atoms with van der Waals surface area (Å²) >= 11 is 0. The summed E-state index contributed by atoms with van der Waals surface area (Å²) < 4.78 is 0. The van der Waals surface area contributed by atoms with E-state index in [-0.39, 0.29) is 0 Å². The van der Waals surface area contributed by atoms with Gasteiger partial charge in [0.1, 0.15) is 0 Å². The predicted molar refractivity (Wildman–Crippen MR) is 64.4 cm³/mol. The zero-order valence-corrected chi connectivity index (χ0v) is 10.4. The van der Waals surface area contributed by atoms with Crippen molar-refractivity contribution in [2.75, 3.05) is 0 Å². The van der Waals surface area contributed by atoms with Crippen LogP contribution in [0.25, 0.3) is 0 Å². The van der Waals surface area contributed by atoms with Crippen molar-refractivity contribution >= 4 is 0 Å². The average molecular weight is 196 g/mol. The number of hydrogen-bond acceptors (Lipinski definition) is 0. The maximum atomic E-state index is 2.48. The van der Waals surface area contributed by atoms with Crippen LogP contribution in [0.2, 0.25) is 0 Å². The molecule has 0 amide bonds. The van der Waals surface area contributed by atoms with Crippen LogP contribution >= 0.6 is 0 Å². The van der Waals surface area contributed by atoms with Crippen LogP contribution in [-0.4, -0.2) is 0 Å². The normalized spacial score (nSPS) is 34.1. The summed E-state index contributed by atoms with van der Waals surface area (Å²) in [6, 6.07) is 0. The van der Waals surface area contributed by atoms with Crippen LogP contribution in [-0.2, 0) is 0 Å². The molecule has 1 fully saturated rings. The van der Waals surface area contributed by atoms with Gasteiger partial charge in [0.05, 0.1) is 0 Å². The lowest BCUT2D eigenvalue weighted by molar-refractivity contribution is 0.278. The molecule has 0 radical (unpaired) electrons. The van der Waals surface area contributed by atoms with Gasteiger partial charge in [-0.3, -0.25) is 0 Å². The van der Waals surface area contributed by atoms with Gasteiger partial charge >= 0.3 is 0 Å². The third-order valence-corrected chi connectivity index (χ3v) is 4.22. The van der Waals surface area contributed by atoms with Crippen LogP contribution in [0.5, 0.6) is 0 Å². The molecule has 3 atom stereocenters. The number of unbranched alkanes of at least 4 members (excludes halogenated alkanes) is 1. The largest absolute Gasteiger partial charge is 0.0654 e. The Kier molecular flexibility index (Phi) is 5.59.